The number of nitrogens with two attached hydrogens (primary N) is 1. The minimum absolute atomic E-state index is 0. The van der Waals surface area contributed by atoms with E-state index in [0.717, 1.165) is 10.4 Å². The zero-order chi connectivity index (χ0) is 15.4. The third kappa shape index (κ3) is 5.20. The van der Waals surface area contributed by atoms with Crippen molar-refractivity contribution < 1.29 is 16.8 Å². The van der Waals surface area contributed by atoms with Gasteiger partial charge < -0.3 is 5.73 Å². The molecule has 122 valence electrons. The van der Waals surface area contributed by atoms with Crippen molar-refractivity contribution in [2.24, 2.45) is 5.73 Å². The van der Waals surface area contributed by atoms with Crippen molar-refractivity contribution >= 4 is 32.5 Å². The Morgan fingerprint density at radius 1 is 1.14 bits per heavy atom. The zero-order valence-electron chi connectivity index (χ0n) is 11.8. The lowest BCUT2D eigenvalue weighted by atomic mass is 10.4. The van der Waals surface area contributed by atoms with E-state index < -0.39 is 20.0 Å². The summed E-state index contributed by atoms with van der Waals surface area (Å²) in [4.78, 5) is -0.151. The van der Waals surface area contributed by atoms with E-state index in [1.807, 2.05) is 0 Å². The zero-order valence-corrected chi connectivity index (χ0v) is 14.3. The molecular formula is C11H20ClN3O4S2. The van der Waals surface area contributed by atoms with Crippen LogP contribution in [0.15, 0.2) is 34.1 Å². The highest BCUT2D eigenvalue weighted by Crippen LogP contribution is 2.17. The fourth-order valence-corrected chi connectivity index (χ4v) is 3.55. The van der Waals surface area contributed by atoms with E-state index in [2.05, 4.69) is 4.72 Å². The van der Waals surface area contributed by atoms with Crippen molar-refractivity contribution in [3.05, 3.63) is 24.3 Å². The largest absolute Gasteiger partial charge is 0.330 e. The van der Waals surface area contributed by atoms with Crippen LogP contribution in [0.4, 0.5) is 0 Å². The summed E-state index contributed by atoms with van der Waals surface area (Å²) in [7, 11) is -4.62. The first-order chi connectivity index (χ1) is 9.21. The molecule has 0 fully saturated rings. The molecule has 0 aromatic heterocycles. The van der Waals surface area contributed by atoms with Crippen LogP contribution in [0.25, 0.3) is 0 Å². The Balaban J connectivity index is 0.00000400. The number of nitrogens with zero attached hydrogens (tertiary/aromatic N) is 1. The molecule has 0 amide bonds. The number of benzene rings is 1. The minimum atomic E-state index is -3.73. The standard InChI is InChI=1S/C11H19N3O4S2.ClH/c1-14(2)20(17,18)11-6-3-5-10(9-11)19(15,16)13-8-4-7-12;/h3,5-6,9,13H,4,7-8,12H2,1-2H3;1H. The first kappa shape index (κ1) is 20.3. The van der Waals surface area contributed by atoms with E-state index in [-0.39, 0.29) is 28.7 Å². The van der Waals surface area contributed by atoms with Gasteiger partial charge in [-0.3, -0.25) is 0 Å². The number of sulfonamides is 2. The summed E-state index contributed by atoms with van der Waals surface area (Å²) in [6.07, 6.45) is 0.509. The lowest BCUT2D eigenvalue weighted by Gasteiger charge is -2.12. The molecule has 7 nitrogen and oxygen atoms in total. The Morgan fingerprint density at radius 3 is 2.24 bits per heavy atom. The van der Waals surface area contributed by atoms with Crippen molar-refractivity contribution in [1.29, 1.82) is 0 Å². The molecule has 0 heterocycles. The van der Waals surface area contributed by atoms with Gasteiger partial charge in [-0.25, -0.2) is 25.9 Å². The fraction of sp³-hybridized carbons (Fsp3) is 0.455. The van der Waals surface area contributed by atoms with Crippen LogP contribution in [0.5, 0.6) is 0 Å². The van der Waals surface area contributed by atoms with Crippen LogP contribution in [0.3, 0.4) is 0 Å². The second-order valence-corrected chi connectivity index (χ2v) is 8.22. The maximum absolute atomic E-state index is 12.0. The average Bonchev–Trinajstić information content (AvgIpc) is 2.39. The highest BCUT2D eigenvalue weighted by atomic mass is 35.5. The molecular weight excluding hydrogens is 338 g/mol. The molecule has 0 spiro atoms. The van der Waals surface area contributed by atoms with E-state index in [1.54, 1.807) is 0 Å². The molecule has 0 saturated heterocycles. The molecule has 0 atom stereocenters. The van der Waals surface area contributed by atoms with Crippen LogP contribution in [-0.4, -0.2) is 48.3 Å². The molecule has 0 saturated carbocycles. The minimum Gasteiger partial charge on any atom is -0.330 e. The van der Waals surface area contributed by atoms with Crippen LogP contribution in [0, 0.1) is 0 Å². The van der Waals surface area contributed by atoms with Gasteiger partial charge in [-0.05, 0) is 31.2 Å². The summed E-state index contributed by atoms with van der Waals surface area (Å²) < 4.78 is 51.3. The van der Waals surface area contributed by atoms with Crippen molar-refractivity contribution in [3.63, 3.8) is 0 Å². The molecule has 0 aliphatic heterocycles. The van der Waals surface area contributed by atoms with Gasteiger partial charge in [-0.2, -0.15) is 0 Å². The van der Waals surface area contributed by atoms with E-state index >= 15 is 0 Å². The monoisotopic (exact) mass is 357 g/mol. The Morgan fingerprint density at radius 2 is 1.71 bits per heavy atom. The fourth-order valence-electron chi connectivity index (χ4n) is 1.40. The van der Waals surface area contributed by atoms with Crippen molar-refractivity contribution in [2.75, 3.05) is 27.2 Å². The third-order valence-electron chi connectivity index (χ3n) is 2.57. The van der Waals surface area contributed by atoms with Crippen LogP contribution in [0.2, 0.25) is 0 Å². The predicted octanol–water partition coefficient (Wildman–Crippen LogP) is -0.0142. The Kier molecular flexibility index (Phi) is 7.79. The van der Waals surface area contributed by atoms with Crippen LogP contribution in [0.1, 0.15) is 6.42 Å². The summed E-state index contributed by atoms with van der Waals surface area (Å²) in [5.41, 5.74) is 5.29. The van der Waals surface area contributed by atoms with Gasteiger partial charge in [0.2, 0.25) is 20.0 Å². The van der Waals surface area contributed by atoms with Crippen molar-refractivity contribution in [1.82, 2.24) is 9.03 Å². The molecule has 0 aliphatic rings. The van der Waals surface area contributed by atoms with Gasteiger partial charge in [0, 0.05) is 20.6 Å². The maximum Gasteiger partial charge on any atom is 0.242 e. The number of hydrogen-bond donors (Lipinski definition) is 2. The highest BCUT2D eigenvalue weighted by molar-refractivity contribution is 7.90. The Hall–Kier alpha value is -0.710. The summed E-state index contributed by atoms with van der Waals surface area (Å²) in [5.74, 6) is 0. The lowest BCUT2D eigenvalue weighted by Crippen LogP contribution is -2.27. The van der Waals surface area contributed by atoms with Gasteiger partial charge in [-0.1, -0.05) is 6.07 Å². The van der Waals surface area contributed by atoms with E-state index in [9.17, 15) is 16.8 Å². The summed E-state index contributed by atoms with van der Waals surface area (Å²) in [6, 6.07) is 5.24. The van der Waals surface area contributed by atoms with Crippen LogP contribution < -0.4 is 10.5 Å². The number of nitrogens with one attached hydrogen (secondary N) is 1. The number of rotatable bonds is 7. The molecule has 1 aromatic carbocycles. The number of halogens is 1. The second kappa shape index (κ2) is 8.06. The smallest absolute Gasteiger partial charge is 0.242 e. The Labute approximate surface area is 132 Å². The maximum atomic E-state index is 12.0. The molecule has 1 aromatic rings. The Bertz CT molecular complexity index is 660. The van der Waals surface area contributed by atoms with Gasteiger partial charge >= 0.3 is 0 Å². The molecule has 3 N–H and O–H groups in total. The highest BCUT2D eigenvalue weighted by Gasteiger charge is 2.20. The first-order valence-electron chi connectivity index (χ1n) is 5.94. The van der Waals surface area contributed by atoms with E-state index in [1.165, 1.54) is 32.3 Å². The second-order valence-electron chi connectivity index (χ2n) is 4.30. The summed E-state index contributed by atoms with van der Waals surface area (Å²) in [5, 5.41) is 0. The van der Waals surface area contributed by atoms with Gasteiger partial charge in [0.05, 0.1) is 9.79 Å². The average molecular weight is 358 g/mol. The molecule has 0 bridgehead atoms. The van der Waals surface area contributed by atoms with E-state index in [0.29, 0.717) is 13.0 Å². The molecule has 21 heavy (non-hydrogen) atoms. The quantitative estimate of drug-likeness (QED) is 0.667. The summed E-state index contributed by atoms with van der Waals surface area (Å²) in [6.45, 7) is 0.584. The van der Waals surface area contributed by atoms with Gasteiger partial charge in [0.25, 0.3) is 0 Å². The van der Waals surface area contributed by atoms with Gasteiger partial charge in [0.15, 0.2) is 0 Å². The molecule has 10 heteroatoms. The van der Waals surface area contributed by atoms with Gasteiger partial charge in [0.1, 0.15) is 0 Å². The number of hydrogen-bond acceptors (Lipinski definition) is 5. The predicted molar refractivity (Wildman–Crippen MR) is 83.4 cm³/mol. The SMILES string of the molecule is CN(C)S(=O)(=O)c1cccc(S(=O)(=O)NCCCN)c1.Cl. The topological polar surface area (TPSA) is 110 Å². The summed E-state index contributed by atoms with van der Waals surface area (Å²) >= 11 is 0. The molecule has 0 unspecified atom stereocenters. The van der Waals surface area contributed by atoms with Gasteiger partial charge in [-0.15, -0.1) is 12.4 Å². The van der Waals surface area contributed by atoms with E-state index in [4.69, 9.17) is 5.73 Å². The molecule has 0 radical (unpaired) electrons. The normalized spacial score (nSPS) is 12.2. The van der Waals surface area contributed by atoms with Crippen molar-refractivity contribution in [3.8, 4) is 0 Å². The van der Waals surface area contributed by atoms with Crippen LogP contribution >= 0.6 is 12.4 Å². The lowest BCUT2D eigenvalue weighted by molar-refractivity contribution is 0.520. The van der Waals surface area contributed by atoms with Crippen molar-refractivity contribution in [2.45, 2.75) is 16.2 Å². The van der Waals surface area contributed by atoms with Crippen LogP contribution in [-0.2, 0) is 20.0 Å². The third-order valence-corrected chi connectivity index (χ3v) is 5.84. The first-order valence-corrected chi connectivity index (χ1v) is 8.86. The molecule has 0 aliphatic carbocycles. The molecule has 1 rings (SSSR count).